The third kappa shape index (κ3) is 3.53. The molecule has 0 unspecified atom stereocenters. The minimum Gasteiger partial charge on any atom is -0.147 e. The molecule has 0 saturated carbocycles. The molecule has 0 bridgehead atoms. The Morgan fingerprint density at radius 2 is 1.54 bits per heavy atom. The smallest absolute Gasteiger partial charge is 0.147 e. The van der Waals surface area contributed by atoms with E-state index in [1.54, 1.807) is 14.2 Å². The van der Waals surface area contributed by atoms with Crippen molar-refractivity contribution in [1.29, 1.82) is 0 Å². The van der Waals surface area contributed by atoms with E-state index in [1.165, 1.54) is 23.9 Å². The zero-order valence-electron chi connectivity index (χ0n) is 7.87. The van der Waals surface area contributed by atoms with Gasteiger partial charge in [-0.2, -0.15) is 0 Å². The van der Waals surface area contributed by atoms with E-state index in [1.807, 2.05) is 18.2 Å². The van der Waals surface area contributed by atoms with Crippen LogP contribution in [0, 0.1) is 0 Å². The number of hydrogen-bond acceptors (Lipinski definition) is 2. The molecule has 0 fully saturated rings. The van der Waals surface area contributed by atoms with Crippen LogP contribution in [-0.4, -0.2) is 14.2 Å². The number of ether oxygens (including phenoxy) is 2. The standard InChI is InChI=1S/C9H11O2.ClH.Zn/c1-7-4-8(10-2)6-9(5-7)11-3;;/h4-6H,1H2,2-3H3;1H;. The van der Waals surface area contributed by atoms with E-state index in [-0.39, 0.29) is 12.4 Å². The summed E-state index contributed by atoms with van der Waals surface area (Å²) >= 11 is 1.26. The SMILES string of the molecule is COc1cc([CH2][Zn])cc(OC)c1.Cl. The van der Waals surface area contributed by atoms with E-state index in [4.69, 9.17) is 9.47 Å². The molecule has 0 aliphatic rings. The van der Waals surface area contributed by atoms with Gasteiger partial charge in [0.05, 0.1) is 0 Å². The molecular weight excluding hydrogens is 241 g/mol. The Morgan fingerprint density at radius 1 is 1.08 bits per heavy atom. The van der Waals surface area contributed by atoms with Crippen molar-refractivity contribution in [3.05, 3.63) is 23.8 Å². The Hall–Kier alpha value is -0.267. The van der Waals surface area contributed by atoms with Crippen molar-refractivity contribution in [3.8, 4) is 11.5 Å². The monoisotopic (exact) mass is 251 g/mol. The average molecular weight is 253 g/mol. The van der Waals surface area contributed by atoms with Crippen LogP contribution in [0.15, 0.2) is 18.2 Å². The van der Waals surface area contributed by atoms with Gasteiger partial charge in [-0.3, -0.25) is 0 Å². The number of hydrogen-bond donors (Lipinski definition) is 0. The summed E-state index contributed by atoms with van der Waals surface area (Å²) in [4.78, 5) is 0. The predicted molar refractivity (Wildman–Crippen MR) is 50.5 cm³/mol. The molecule has 0 radical (unpaired) electrons. The van der Waals surface area contributed by atoms with E-state index in [9.17, 15) is 0 Å². The molecule has 69 valence electrons. The van der Waals surface area contributed by atoms with Gasteiger partial charge in [0.15, 0.2) is 0 Å². The molecule has 0 spiro atoms. The molecule has 0 aromatic heterocycles. The second kappa shape index (κ2) is 6.23. The Labute approximate surface area is 94.7 Å². The molecule has 0 heterocycles. The molecule has 0 amide bonds. The van der Waals surface area contributed by atoms with Crippen LogP contribution in [-0.2, 0) is 23.3 Å². The molecule has 0 N–H and O–H groups in total. The summed E-state index contributed by atoms with van der Waals surface area (Å²) in [6.07, 6.45) is 0. The maximum atomic E-state index is 5.13. The fourth-order valence-corrected chi connectivity index (χ4v) is 1.62. The van der Waals surface area contributed by atoms with Gasteiger partial charge in [-0.05, 0) is 0 Å². The van der Waals surface area contributed by atoms with Crippen LogP contribution in [0.1, 0.15) is 5.56 Å². The molecule has 0 aliphatic carbocycles. The third-order valence-corrected chi connectivity index (χ3v) is 2.91. The van der Waals surface area contributed by atoms with Crippen molar-refractivity contribution in [1.82, 2.24) is 0 Å². The zero-order valence-corrected chi connectivity index (χ0v) is 11.7. The van der Waals surface area contributed by atoms with Gasteiger partial charge < -0.3 is 0 Å². The van der Waals surface area contributed by atoms with Crippen molar-refractivity contribution >= 4 is 12.4 Å². The van der Waals surface area contributed by atoms with E-state index in [0.717, 1.165) is 16.5 Å². The zero-order chi connectivity index (χ0) is 8.97. The molecule has 13 heavy (non-hydrogen) atoms. The van der Waals surface area contributed by atoms with Gasteiger partial charge >= 0.3 is 82.3 Å². The van der Waals surface area contributed by atoms with E-state index in [0.29, 0.717) is 0 Å². The summed E-state index contributed by atoms with van der Waals surface area (Å²) in [6.45, 7) is 0. The summed E-state index contributed by atoms with van der Waals surface area (Å²) < 4.78 is 10.3. The Morgan fingerprint density at radius 3 is 1.85 bits per heavy atom. The fraction of sp³-hybridized carbons (Fsp3) is 0.333. The molecule has 1 aromatic rings. The van der Waals surface area contributed by atoms with Crippen molar-refractivity contribution in [2.45, 2.75) is 5.02 Å². The molecule has 0 aliphatic heterocycles. The normalized spacial score (nSPS) is 8.92. The Bertz CT molecular complexity index is 211. The van der Waals surface area contributed by atoms with Crippen LogP contribution in [0.3, 0.4) is 0 Å². The predicted octanol–water partition coefficient (Wildman–Crippen LogP) is 2.17. The van der Waals surface area contributed by atoms with Crippen LogP contribution in [0.4, 0.5) is 0 Å². The van der Waals surface area contributed by atoms with Crippen molar-refractivity contribution in [3.63, 3.8) is 0 Å². The van der Waals surface area contributed by atoms with Crippen LogP contribution in [0.5, 0.6) is 11.5 Å². The molecule has 0 atom stereocenters. The van der Waals surface area contributed by atoms with Crippen molar-refractivity contribution in [2.24, 2.45) is 0 Å². The van der Waals surface area contributed by atoms with Gasteiger partial charge in [-0.1, -0.05) is 0 Å². The summed E-state index contributed by atoms with van der Waals surface area (Å²) in [5, 5.41) is 1.12. The fourth-order valence-electron chi connectivity index (χ4n) is 1.01. The van der Waals surface area contributed by atoms with Gasteiger partial charge in [0, 0.05) is 0 Å². The number of methoxy groups -OCH3 is 2. The van der Waals surface area contributed by atoms with Gasteiger partial charge in [0.2, 0.25) is 0 Å². The van der Waals surface area contributed by atoms with Gasteiger partial charge in [0.25, 0.3) is 0 Å². The average Bonchev–Trinajstić information content (AvgIpc) is 2.16. The summed E-state index contributed by atoms with van der Waals surface area (Å²) in [5.41, 5.74) is 1.28. The first-order chi connectivity index (χ1) is 5.80. The van der Waals surface area contributed by atoms with Gasteiger partial charge in [-0.15, -0.1) is 12.4 Å². The second-order valence-electron chi connectivity index (χ2n) is 2.47. The van der Waals surface area contributed by atoms with Crippen LogP contribution < -0.4 is 9.47 Å². The van der Waals surface area contributed by atoms with Crippen LogP contribution in [0.2, 0.25) is 0 Å². The van der Waals surface area contributed by atoms with Crippen molar-refractivity contribution in [2.75, 3.05) is 14.2 Å². The first-order valence-electron chi connectivity index (χ1n) is 3.81. The number of rotatable bonds is 3. The Kier molecular flexibility index (Phi) is 6.10. The maximum absolute atomic E-state index is 5.13. The van der Waals surface area contributed by atoms with Crippen molar-refractivity contribution < 1.29 is 27.8 Å². The van der Waals surface area contributed by atoms with Crippen LogP contribution >= 0.6 is 12.4 Å². The molecular formula is C9H12ClO2Zn. The molecule has 2 nitrogen and oxygen atoms in total. The largest absolute Gasteiger partial charge is 0.147 e. The van der Waals surface area contributed by atoms with E-state index in [2.05, 4.69) is 0 Å². The van der Waals surface area contributed by atoms with E-state index < -0.39 is 0 Å². The van der Waals surface area contributed by atoms with Crippen LogP contribution in [0.25, 0.3) is 0 Å². The third-order valence-electron chi connectivity index (χ3n) is 1.70. The molecule has 1 rings (SSSR count). The molecule has 0 saturated heterocycles. The Balaban J connectivity index is 0.00000144. The van der Waals surface area contributed by atoms with E-state index >= 15 is 0 Å². The summed E-state index contributed by atoms with van der Waals surface area (Å²) in [7, 11) is 3.34. The quantitative estimate of drug-likeness (QED) is 0.768. The maximum Gasteiger partial charge on any atom is -0.147 e. The first-order valence-corrected chi connectivity index (χ1v) is 5.91. The first kappa shape index (κ1) is 12.7. The minimum absolute atomic E-state index is 0. The second-order valence-corrected chi connectivity index (χ2v) is 3.52. The topological polar surface area (TPSA) is 18.5 Å². The summed E-state index contributed by atoms with van der Waals surface area (Å²) in [5.74, 6) is 1.75. The van der Waals surface area contributed by atoms with Gasteiger partial charge in [0.1, 0.15) is 0 Å². The summed E-state index contributed by atoms with van der Waals surface area (Å²) in [6, 6.07) is 5.98. The molecule has 1 aromatic carbocycles. The number of halogens is 1. The number of benzene rings is 1. The molecule has 4 heteroatoms. The van der Waals surface area contributed by atoms with Gasteiger partial charge in [-0.25, -0.2) is 0 Å². The minimum atomic E-state index is 0.